The Labute approximate surface area is 183 Å². The van der Waals surface area contributed by atoms with Gasteiger partial charge in [0.15, 0.2) is 0 Å². The molecule has 156 valence electrons. The number of fused-ring (bicyclic) bond motifs is 3. The normalized spacial score (nSPS) is 15.7. The summed E-state index contributed by atoms with van der Waals surface area (Å²) in [5.41, 5.74) is 4.55. The van der Waals surface area contributed by atoms with Crippen molar-refractivity contribution in [1.29, 1.82) is 0 Å². The number of H-pyrrole nitrogens is 1. The number of hydrogen-bond donors (Lipinski definition) is 2. The largest absolute Gasteiger partial charge is 0.733 e. The molecule has 0 unspecified atom stereocenters. The number of para-hydroxylation sites is 1. The van der Waals surface area contributed by atoms with Crippen molar-refractivity contribution in [2.45, 2.75) is 12.5 Å². The fourth-order valence-electron chi connectivity index (χ4n) is 4.38. The minimum Gasteiger partial charge on any atom is -0.733 e. The van der Waals surface area contributed by atoms with Crippen molar-refractivity contribution in [2.75, 3.05) is 11.8 Å². The van der Waals surface area contributed by atoms with E-state index in [1.165, 1.54) is 17.7 Å². The maximum absolute atomic E-state index is 13.5. The highest BCUT2D eigenvalue weighted by atomic mass is 35.5. The molecule has 4 aromatic rings. The van der Waals surface area contributed by atoms with Crippen molar-refractivity contribution in [3.05, 3.63) is 105 Å². The molecule has 7 heteroatoms. The van der Waals surface area contributed by atoms with Crippen molar-refractivity contribution >= 4 is 34.1 Å². The van der Waals surface area contributed by atoms with Crippen LogP contribution in [-0.4, -0.2) is 27.5 Å². The zero-order chi connectivity index (χ0) is 21.5. The maximum atomic E-state index is 13.5. The lowest BCUT2D eigenvalue weighted by atomic mass is 9.91. The van der Waals surface area contributed by atoms with Crippen molar-refractivity contribution in [3.63, 3.8) is 0 Å². The molecule has 2 heterocycles. The summed E-state index contributed by atoms with van der Waals surface area (Å²) < 4.78 is 0. The van der Waals surface area contributed by atoms with Crippen LogP contribution in [0.1, 0.15) is 33.2 Å². The van der Waals surface area contributed by atoms with E-state index in [1.807, 2.05) is 23.1 Å². The standard InChI is InChI=1S/C24H19ClN3O3/c25-20-7-3-1-6-19(20)24(29)27-14-13-18-17-5-2-4-8-21(17)26-22(18)23(27)15-9-11-16(12-10-15)28(30)31/h1-12,23,26,30H,13-14H2/q-1/t23-/m1/s1. The molecule has 6 nitrogen and oxygen atoms in total. The number of aromatic nitrogens is 1. The zero-order valence-corrected chi connectivity index (χ0v) is 17.2. The highest BCUT2D eigenvalue weighted by Gasteiger charge is 2.35. The predicted molar refractivity (Wildman–Crippen MR) is 120 cm³/mol. The van der Waals surface area contributed by atoms with Gasteiger partial charge in [-0.3, -0.25) is 10.0 Å². The number of nitrogens with zero attached hydrogens (tertiary/aromatic N) is 2. The van der Waals surface area contributed by atoms with E-state index < -0.39 is 0 Å². The molecule has 0 saturated heterocycles. The third-order valence-corrected chi connectivity index (χ3v) is 6.16. The van der Waals surface area contributed by atoms with Crippen molar-refractivity contribution < 1.29 is 10.0 Å². The molecule has 1 atom stereocenters. The van der Waals surface area contributed by atoms with Gasteiger partial charge < -0.3 is 20.3 Å². The van der Waals surface area contributed by atoms with Gasteiger partial charge in [0.25, 0.3) is 5.91 Å². The van der Waals surface area contributed by atoms with Gasteiger partial charge in [-0.25, -0.2) is 0 Å². The number of hydrogen-bond acceptors (Lipinski definition) is 4. The monoisotopic (exact) mass is 432 g/mol. The smallest absolute Gasteiger partial charge is 0.256 e. The molecule has 0 radical (unpaired) electrons. The van der Waals surface area contributed by atoms with Crippen molar-refractivity contribution in [2.24, 2.45) is 0 Å². The van der Waals surface area contributed by atoms with Crippen LogP contribution < -0.4 is 5.23 Å². The lowest BCUT2D eigenvalue weighted by Crippen LogP contribution is -2.40. The minimum atomic E-state index is -0.382. The quantitative estimate of drug-likeness (QED) is 0.430. The maximum Gasteiger partial charge on any atom is 0.256 e. The summed E-state index contributed by atoms with van der Waals surface area (Å²) in [6.07, 6.45) is 0.717. The molecule has 2 N–H and O–H groups in total. The first-order valence-corrected chi connectivity index (χ1v) is 10.3. The molecule has 31 heavy (non-hydrogen) atoms. The molecule has 0 fully saturated rings. The summed E-state index contributed by atoms with van der Waals surface area (Å²) in [5, 5.41) is 21.8. The van der Waals surface area contributed by atoms with Gasteiger partial charge >= 0.3 is 0 Å². The van der Waals surface area contributed by atoms with Gasteiger partial charge in [0, 0.05) is 23.1 Å². The topological polar surface area (TPSA) is 82.6 Å². The summed E-state index contributed by atoms with van der Waals surface area (Å²) in [6, 6.07) is 21.3. The van der Waals surface area contributed by atoms with Gasteiger partial charge in [0.05, 0.1) is 22.3 Å². The Balaban J connectivity index is 1.65. The van der Waals surface area contributed by atoms with Crippen LogP contribution in [0.2, 0.25) is 5.02 Å². The van der Waals surface area contributed by atoms with Gasteiger partial charge in [-0.1, -0.05) is 54.1 Å². The Bertz CT molecular complexity index is 1270. The summed E-state index contributed by atoms with van der Waals surface area (Å²) in [7, 11) is 0. The highest BCUT2D eigenvalue weighted by molar-refractivity contribution is 6.33. The summed E-state index contributed by atoms with van der Waals surface area (Å²) >= 11 is 6.33. The van der Waals surface area contributed by atoms with E-state index in [2.05, 4.69) is 11.1 Å². The number of rotatable bonds is 3. The number of benzene rings is 3. The lowest BCUT2D eigenvalue weighted by Gasteiger charge is -2.36. The van der Waals surface area contributed by atoms with Crippen molar-refractivity contribution in [3.8, 4) is 0 Å². The van der Waals surface area contributed by atoms with Crippen LogP contribution in [0, 0.1) is 5.21 Å². The predicted octanol–water partition coefficient (Wildman–Crippen LogP) is 5.30. The number of halogens is 1. The summed E-state index contributed by atoms with van der Waals surface area (Å²) in [5.74, 6) is -0.156. The Kier molecular flexibility index (Phi) is 4.90. The van der Waals surface area contributed by atoms with Gasteiger partial charge in [-0.2, -0.15) is 0 Å². The van der Waals surface area contributed by atoms with Gasteiger partial charge in [0.1, 0.15) is 0 Å². The van der Waals surface area contributed by atoms with Crippen LogP contribution in [0.15, 0.2) is 72.8 Å². The number of aromatic amines is 1. The van der Waals surface area contributed by atoms with Gasteiger partial charge in [-0.15, -0.1) is 0 Å². The minimum absolute atomic E-state index is 0.125. The molecule has 1 aliphatic rings. The highest BCUT2D eigenvalue weighted by Crippen LogP contribution is 2.39. The molecular weight excluding hydrogens is 414 g/mol. The second kappa shape index (κ2) is 7.74. The number of nitrogens with one attached hydrogen (secondary N) is 1. The van der Waals surface area contributed by atoms with E-state index in [0.29, 0.717) is 17.1 Å². The van der Waals surface area contributed by atoms with Crippen LogP contribution in [0.4, 0.5) is 5.69 Å². The molecule has 0 aliphatic carbocycles. The fraction of sp³-hybridized carbons (Fsp3) is 0.125. The second-order valence-electron chi connectivity index (χ2n) is 7.56. The Morgan fingerprint density at radius 2 is 1.77 bits per heavy atom. The number of carbonyl (C=O) groups excluding carboxylic acids is 1. The Morgan fingerprint density at radius 3 is 2.52 bits per heavy atom. The van der Waals surface area contributed by atoms with E-state index >= 15 is 0 Å². The third kappa shape index (κ3) is 3.35. The summed E-state index contributed by atoms with van der Waals surface area (Å²) in [4.78, 5) is 18.8. The van der Waals surface area contributed by atoms with Gasteiger partial charge in [-0.05, 0) is 47.9 Å². The average molecular weight is 433 g/mol. The van der Waals surface area contributed by atoms with Crippen LogP contribution in [0.5, 0.6) is 0 Å². The first-order chi connectivity index (χ1) is 15.0. The number of anilines is 1. The number of amides is 1. The average Bonchev–Trinajstić information content (AvgIpc) is 3.17. The molecule has 0 bridgehead atoms. The van der Waals surface area contributed by atoms with E-state index in [1.54, 1.807) is 36.4 Å². The van der Waals surface area contributed by atoms with E-state index in [9.17, 15) is 15.2 Å². The molecule has 0 spiro atoms. The second-order valence-corrected chi connectivity index (χ2v) is 7.97. The van der Waals surface area contributed by atoms with Crippen LogP contribution in [0.3, 0.4) is 0 Å². The fourth-order valence-corrected chi connectivity index (χ4v) is 4.60. The molecule has 1 aromatic heterocycles. The molecule has 0 saturated carbocycles. The Morgan fingerprint density at radius 1 is 1.06 bits per heavy atom. The lowest BCUT2D eigenvalue weighted by molar-refractivity contribution is 0.0692. The first kappa shape index (κ1) is 19.6. The SMILES string of the molecule is O=C(c1ccccc1Cl)N1CCc2c([nH]c3ccccc23)[C@H]1c1ccc(N([O-])O)cc1. The van der Waals surface area contributed by atoms with Crippen LogP contribution in [0.25, 0.3) is 10.9 Å². The van der Waals surface area contributed by atoms with E-state index in [0.717, 1.165) is 28.6 Å². The van der Waals surface area contributed by atoms with E-state index in [4.69, 9.17) is 11.6 Å². The Hall–Kier alpha value is -3.32. The van der Waals surface area contributed by atoms with E-state index in [-0.39, 0.29) is 22.9 Å². The van der Waals surface area contributed by atoms with Crippen LogP contribution >= 0.6 is 11.6 Å². The van der Waals surface area contributed by atoms with Gasteiger partial charge in [0.2, 0.25) is 0 Å². The molecule has 1 aliphatic heterocycles. The zero-order valence-electron chi connectivity index (χ0n) is 16.5. The molecule has 1 amide bonds. The van der Waals surface area contributed by atoms with Crippen LogP contribution in [-0.2, 0) is 6.42 Å². The third-order valence-electron chi connectivity index (χ3n) is 5.83. The summed E-state index contributed by atoms with van der Waals surface area (Å²) in [6.45, 7) is 0.527. The van der Waals surface area contributed by atoms with Crippen molar-refractivity contribution in [1.82, 2.24) is 9.88 Å². The number of carbonyl (C=O) groups is 1. The molecular formula is C24H19ClN3O3-. The molecule has 3 aromatic carbocycles. The molecule has 5 rings (SSSR count). The first-order valence-electron chi connectivity index (χ1n) is 9.95.